The molecule has 26 heavy (non-hydrogen) atoms. The summed E-state index contributed by atoms with van der Waals surface area (Å²) < 4.78 is 7.26. The van der Waals surface area contributed by atoms with Crippen LogP contribution in [0.5, 0.6) is 0 Å². The van der Waals surface area contributed by atoms with Gasteiger partial charge in [0.2, 0.25) is 0 Å². The molecule has 2 atom stereocenters. The van der Waals surface area contributed by atoms with Crippen molar-refractivity contribution in [3.05, 3.63) is 45.5 Å². The second-order valence-corrected chi connectivity index (χ2v) is 8.28. The average molecular weight is 371 g/mol. The molecule has 5 rings (SSSR count). The Morgan fingerprint density at radius 1 is 1.23 bits per heavy atom. The van der Waals surface area contributed by atoms with E-state index in [9.17, 15) is 4.79 Å². The summed E-state index contributed by atoms with van der Waals surface area (Å²) in [5.41, 5.74) is 3.29. The number of ether oxygens (including phenoxy) is 1. The van der Waals surface area contributed by atoms with Crippen molar-refractivity contribution in [3.63, 3.8) is 0 Å². The smallest absolute Gasteiger partial charge is 0.267 e. The van der Waals surface area contributed by atoms with E-state index in [1.807, 2.05) is 17.8 Å². The van der Waals surface area contributed by atoms with E-state index in [4.69, 9.17) is 4.74 Å². The number of hydrogen-bond donors (Lipinski definition) is 1. The van der Waals surface area contributed by atoms with Crippen molar-refractivity contribution in [2.75, 3.05) is 24.3 Å². The largest absolute Gasteiger partial charge is 0.377 e. The molecule has 2 aromatic rings. The van der Waals surface area contributed by atoms with Gasteiger partial charge in [-0.1, -0.05) is 0 Å². The first kappa shape index (κ1) is 16.3. The molecule has 4 heterocycles. The molecule has 7 nitrogen and oxygen atoms in total. The van der Waals surface area contributed by atoms with E-state index in [2.05, 4.69) is 26.7 Å². The molecule has 1 saturated heterocycles. The van der Waals surface area contributed by atoms with Gasteiger partial charge in [0, 0.05) is 24.2 Å². The minimum Gasteiger partial charge on any atom is -0.377 e. The number of fused-ring (bicyclic) bond motifs is 1. The van der Waals surface area contributed by atoms with E-state index in [1.54, 1.807) is 10.7 Å². The number of nitrogens with zero attached hydrogens (tertiary/aromatic N) is 4. The predicted molar refractivity (Wildman–Crippen MR) is 99.6 cm³/mol. The highest BCUT2D eigenvalue weighted by Crippen LogP contribution is 2.38. The number of aromatic nitrogens is 4. The highest BCUT2D eigenvalue weighted by molar-refractivity contribution is 7.98. The highest BCUT2D eigenvalue weighted by atomic mass is 32.2. The quantitative estimate of drug-likeness (QED) is 0.877. The molecule has 0 amide bonds. The van der Waals surface area contributed by atoms with E-state index in [1.165, 1.54) is 5.56 Å². The van der Waals surface area contributed by atoms with Crippen LogP contribution in [0.25, 0.3) is 0 Å². The molecule has 0 aromatic carbocycles. The molecule has 2 aromatic heterocycles. The van der Waals surface area contributed by atoms with Crippen LogP contribution in [-0.4, -0.2) is 45.0 Å². The number of hydrogen-bond acceptors (Lipinski definition) is 7. The Labute approximate surface area is 155 Å². The zero-order valence-electron chi connectivity index (χ0n) is 14.4. The van der Waals surface area contributed by atoms with Crippen LogP contribution in [0.15, 0.2) is 23.0 Å². The lowest BCUT2D eigenvalue weighted by atomic mass is 10.1. The third-order valence-corrected chi connectivity index (χ3v) is 6.25. The number of aryl methyl sites for hydroxylation is 1. The van der Waals surface area contributed by atoms with Gasteiger partial charge in [0.1, 0.15) is 11.9 Å². The van der Waals surface area contributed by atoms with Crippen molar-refractivity contribution in [3.8, 4) is 0 Å². The molecular weight excluding hydrogens is 350 g/mol. The molecule has 2 fully saturated rings. The molecule has 0 radical (unpaired) electrons. The molecule has 2 aliphatic heterocycles. The van der Waals surface area contributed by atoms with Crippen molar-refractivity contribution in [2.24, 2.45) is 0 Å². The zero-order valence-corrected chi connectivity index (χ0v) is 15.2. The lowest BCUT2D eigenvalue weighted by Crippen LogP contribution is -2.37. The number of nitrogens with one attached hydrogen (secondary N) is 1. The van der Waals surface area contributed by atoms with Crippen LogP contribution in [0, 0.1) is 0 Å². The molecular formula is C18H21N5O2S. The van der Waals surface area contributed by atoms with Crippen LogP contribution >= 0.6 is 11.8 Å². The van der Waals surface area contributed by atoms with Gasteiger partial charge in [0.25, 0.3) is 5.56 Å². The summed E-state index contributed by atoms with van der Waals surface area (Å²) in [6.45, 7) is 1.01. The van der Waals surface area contributed by atoms with Crippen molar-refractivity contribution in [2.45, 2.75) is 43.0 Å². The normalized spacial score (nSPS) is 25.1. The number of anilines is 1. The summed E-state index contributed by atoms with van der Waals surface area (Å²) >= 11 is 1.92. The summed E-state index contributed by atoms with van der Waals surface area (Å²) in [6.07, 6.45) is 3.31. The molecule has 3 aliphatic rings. The molecule has 136 valence electrons. The molecule has 0 spiro atoms. The van der Waals surface area contributed by atoms with Crippen molar-refractivity contribution in [1.29, 1.82) is 0 Å². The topological polar surface area (TPSA) is 81.9 Å². The van der Waals surface area contributed by atoms with E-state index < -0.39 is 0 Å². The Kier molecular flexibility index (Phi) is 4.17. The molecule has 1 aliphatic carbocycles. The van der Waals surface area contributed by atoms with E-state index >= 15 is 0 Å². The Bertz CT molecular complexity index is 882. The maximum absolute atomic E-state index is 12.4. The van der Waals surface area contributed by atoms with E-state index in [-0.39, 0.29) is 17.6 Å². The minimum absolute atomic E-state index is 0.0433. The first-order chi connectivity index (χ1) is 12.8. The third-order valence-electron chi connectivity index (χ3n) is 5.24. The first-order valence-electron chi connectivity index (χ1n) is 9.15. The summed E-state index contributed by atoms with van der Waals surface area (Å²) in [5.74, 6) is 3.35. The predicted octanol–water partition coefficient (Wildman–Crippen LogP) is 1.75. The van der Waals surface area contributed by atoms with Gasteiger partial charge in [-0.25, -0.2) is 4.68 Å². The lowest BCUT2D eigenvalue weighted by Gasteiger charge is -2.22. The van der Waals surface area contributed by atoms with E-state index in [0.29, 0.717) is 19.1 Å². The van der Waals surface area contributed by atoms with Crippen LogP contribution in [0.2, 0.25) is 0 Å². The van der Waals surface area contributed by atoms with Gasteiger partial charge < -0.3 is 10.1 Å². The molecule has 1 N–H and O–H groups in total. The summed E-state index contributed by atoms with van der Waals surface area (Å²) in [7, 11) is 0. The Morgan fingerprint density at radius 2 is 2.15 bits per heavy atom. The van der Waals surface area contributed by atoms with Crippen LogP contribution in [-0.2, 0) is 16.9 Å². The van der Waals surface area contributed by atoms with Crippen LogP contribution in [0.3, 0.4) is 0 Å². The molecule has 0 bridgehead atoms. The van der Waals surface area contributed by atoms with Crippen molar-refractivity contribution in [1.82, 2.24) is 20.0 Å². The number of thioether (sulfide) groups is 1. The van der Waals surface area contributed by atoms with Gasteiger partial charge >= 0.3 is 0 Å². The Morgan fingerprint density at radius 3 is 3.04 bits per heavy atom. The van der Waals surface area contributed by atoms with Crippen molar-refractivity contribution < 1.29 is 4.74 Å². The van der Waals surface area contributed by atoms with Crippen molar-refractivity contribution >= 4 is 17.6 Å². The summed E-state index contributed by atoms with van der Waals surface area (Å²) in [4.78, 5) is 12.4. The SMILES string of the molecule is O=c1ccc(C2CC2)nn1C1COCC1Nc1cc2c(nn1)CCSC2. The fourth-order valence-electron chi connectivity index (χ4n) is 3.60. The highest BCUT2D eigenvalue weighted by Gasteiger charge is 2.33. The summed E-state index contributed by atoms with van der Waals surface area (Å²) in [5, 5.41) is 16.7. The molecule has 2 unspecified atom stereocenters. The fourth-order valence-corrected chi connectivity index (χ4v) is 4.55. The minimum atomic E-state index is -0.131. The van der Waals surface area contributed by atoms with Gasteiger partial charge in [-0.05, 0) is 36.3 Å². The second-order valence-electron chi connectivity index (χ2n) is 7.18. The second kappa shape index (κ2) is 6.66. The van der Waals surface area contributed by atoms with Gasteiger partial charge in [-0.15, -0.1) is 5.10 Å². The van der Waals surface area contributed by atoms with E-state index in [0.717, 1.165) is 48.0 Å². The Hall–Kier alpha value is -1.93. The maximum atomic E-state index is 12.4. The van der Waals surface area contributed by atoms with Gasteiger partial charge in [-0.2, -0.15) is 22.0 Å². The number of rotatable bonds is 4. The third kappa shape index (κ3) is 3.12. The average Bonchev–Trinajstić information content (AvgIpc) is 3.42. The zero-order chi connectivity index (χ0) is 17.5. The van der Waals surface area contributed by atoms with Gasteiger partial charge in [0.05, 0.1) is 30.6 Å². The first-order valence-corrected chi connectivity index (χ1v) is 10.3. The Balaban J connectivity index is 1.39. The lowest BCUT2D eigenvalue weighted by molar-refractivity contribution is 0.182. The van der Waals surface area contributed by atoms with Gasteiger partial charge in [-0.3, -0.25) is 4.79 Å². The van der Waals surface area contributed by atoms with Crippen LogP contribution in [0.4, 0.5) is 5.82 Å². The van der Waals surface area contributed by atoms with Crippen LogP contribution < -0.4 is 10.9 Å². The fraction of sp³-hybridized carbons (Fsp3) is 0.556. The van der Waals surface area contributed by atoms with Gasteiger partial charge in [0.15, 0.2) is 0 Å². The summed E-state index contributed by atoms with van der Waals surface area (Å²) in [6, 6.07) is 5.40. The monoisotopic (exact) mass is 371 g/mol. The molecule has 1 saturated carbocycles. The standard InChI is InChI=1S/C18H21N5O2S/c24-18-4-3-14(11-1-2-11)22-23(18)16-9-25-8-15(16)19-17-7-12-10-26-6-5-13(12)20-21-17/h3-4,7,11,15-16H,1-2,5-6,8-10H2,(H,19,21). The molecule has 8 heteroatoms. The maximum Gasteiger partial charge on any atom is 0.267 e. The van der Waals surface area contributed by atoms with Crippen LogP contribution in [0.1, 0.15) is 41.8 Å².